The summed E-state index contributed by atoms with van der Waals surface area (Å²) in [6.07, 6.45) is 1.93. The van der Waals surface area contributed by atoms with Crippen LogP contribution in [0.2, 0.25) is 0 Å². The van der Waals surface area contributed by atoms with E-state index < -0.39 is 0 Å². The summed E-state index contributed by atoms with van der Waals surface area (Å²) in [4.78, 5) is 10.5. The van der Waals surface area contributed by atoms with Gasteiger partial charge in [-0.15, -0.1) is 0 Å². The minimum atomic E-state index is 0.0734. The maximum atomic E-state index is 10.5. The molecule has 1 aliphatic heterocycles. The van der Waals surface area contributed by atoms with Gasteiger partial charge in [-0.25, -0.2) is 0 Å². The van der Waals surface area contributed by atoms with E-state index >= 15 is 0 Å². The van der Waals surface area contributed by atoms with E-state index in [0.29, 0.717) is 6.79 Å². The number of carbonyl (C=O) groups excluding carboxylic acids is 1. The van der Waals surface area contributed by atoms with E-state index in [1.165, 1.54) is 11.1 Å². The molecule has 3 nitrogen and oxygen atoms in total. The fourth-order valence-electron chi connectivity index (χ4n) is 1.75. The van der Waals surface area contributed by atoms with E-state index in [9.17, 15) is 4.79 Å². The zero-order valence-corrected chi connectivity index (χ0v) is 10.9. The molecule has 1 heterocycles. The molecule has 0 aromatic heterocycles. The standard InChI is InChI=1S/C13H16O3S/c1-9-5-12-13(16-8-15-12)6-11(9)3-4-17-10(2)7-14/h5-7,10H,3-4,8H2,1-2H3/t10-/m0/s1. The molecule has 0 amide bonds. The van der Waals surface area contributed by atoms with Gasteiger partial charge in [0.05, 0.1) is 5.25 Å². The lowest BCUT2D eigenvalue weighted by atomic mass is 10.1. The van der Waals surface area contributed by atoms with Crippen molar-refractivity contribution in [1.82, 2.24) is 0 Å². The Balaban J connectivity index is 1.99. The van der Waals surface area contributed by atoms with Crippen molar-refractivity contribution < 1.29 is 14.3 Å². The van der Waals surface area contributed by atoms with Crippen LogP contribution in [-0.4, -0.2) is 24.1 Å². The SMILES string of the molecule is Cc1cc2c(cc1CCS[C@@H](C)C=O)OCO2. The minimum Gasteiger partial charge on any atom is -0.454 e. The molecular formula is C13H16O3S. The van der Waals surface area contributed by atoms with Gasteiger partial charge in [0.1, 0.15) is 6.29 Å². The van der Waals surface area contributed by atoms with Crippen molar-refractivity contribution in [3.05, 3.63) is 23.3 Å². The Bertz CT molecular complexity index is 417. The second-order valence-corrected chi connectivity index (χ2v) is 5.58. The quantitative estimate of drug-likeness (QED) is 0.755. The van der Waals surface area contributed by atoms with Crippen molar-refractivity contribution in [2.24, 2.45) is 0 Å². The van der Waals surface area contributed by atoms with Crippen LogP contribution >= 0.6 is 11.8 Å². The average Bonchev–Trinajstić information content (AvgIpc) is 2.76. The van der Waals surface area contributed by atoms with Crippen LogP contribution in [0.3, 0.4) is 0 Å². The largest absolute Gasteiger partial charge is 0.454 e. The van der Waals surface area contributed by atoms with Gasteiger partial charge < -0.3 is 14.3 Å². The molecular weight excluding hydrogens is 236 g/mol. The second kappa shape index (κ2) is 5.45. The van der Waals surface area contributed by atoms with Crippen LogP contribution in [0.5, 0.6) is 11.5 Å². The van der Waals surface area contributed by atoms with E-state index in [-0.39, 0.29) is 5.25 Å². The molecule has 1 aromatic rings. The summed E-state index contributed by atoms with van der Waals surface area (Å²) in [7, 11) is 0. The molecule has 17 heavy (non-hydrogen) atoms. The summed E-state index contributed by atoms with van der Waals surface area (Å²) in [5.41, 5.74) is 2.48. The van der Waals surface area contributed by atoms with Gasteiger partial charge >= 0.3 is 0 Å². The highest BCUT2D eigenvalue weighted by molar-refractivity contribution is 8.00. The van der Waals surface area contributed by atoms with Gasteiger partial charge in [-0.05, 0) is 49.3 Å². The highest BCUT2D eigenvalue weighted by Gasteiger charge is 2.15. The zero-order valence-electron chi connectivity index (χ0n) is 10.1. The van der Waals surface area contributed by atoms with Crippen LogP contribution in [0, 0.1) is 6.92 Å². The first kappa shape index (κ1) is 12.3. The molecule has 1 aliphatic rings. The van der Waals surface area contributed by atoms with E-state index in [4.69, 9.17) is 9.47 Å². The van der Waals surface area contributed by atoms with Crippen molar-refractivity contribution in [3.63, 3.8) is 0 Å². The molecule has 1 atom stereocenters. The summed E-state index contributed by atoms with van der Waals surface area (Å²) in [6, 6.07) is 4.06. The number of hydrogen-bond donors (Lipinski definition) is 0. The van der Waals surface area contributed by atoms with Gasteiger partial charge in [-0.2, -0.15) is 11.8 Å². The third kappa shape index (κ3) is 2.94. The summed E-state index contributed by atoms with van der Waals surface area (Å²) in [5, 5.41) is 0.0734. The fraction of sp³-hybridized carbons (Fsp3) is 0.462. The summed E-state index contributed by atoms with van der Waals surface area (Å²) < 4.78 is 10.7. The van der Waals surface area contributed by atoms with Crippen LogP contribution in [-0.2, 0) is 11.2 Å². The Morgan fingerprint density at radius 3 is 2.82 bits per heavy atom. The predicted molar refractivity (Wildman–Crippen MR) is 69.0 cm³/mol. The molecule has 2 rings (SSSR count). The van der Waals surface area contributed by atoms with Crippen LogP contribution in [0.1, 0.15) is 18.1 Å². The van der Waals surface area contributed by atoms with Gasteiger partial charge in [0.15, 0.2) is 11.5 Å². The van der Waals surface area contributed by atoms with E-state index in [1.54, 1.807) is 11.8 Å². The zero-order chi connectivity index (χ0) is 12.3. The number of aldehydes is 1. The van der Waals surface area contributed by atoms with E-state index in [1.807, 2.05) is 19.1 Å². The van der Waals surface area contributed by atoms with Gasteiger partial charge in [0, 0.05) is 0 Å². The van der Waals surface area contributed by atoms with Crippen molar-refractivity contribution in [2.75, 3.05) is 12.5 Å². The molecule has 0 bridgehead atoms. The first-order valence-corrected chi connectivity index (χ1v) is 6.71. The molecule has 1 aromatic carbocycles. The van der Waals surface area contributed by atoms with Crippen LogP contribution in [0.25, 0.3) is 0 Å². The summed E-state index contributed by atoms with van der Waals surface area (Å²) >= 11 is 1.67. The van der Waals surface area contributed by atoms with Crippen molar-refractivity contribution in [1.29, 1.82) is 0 Å². The molecule has 4 heteroatoms. The van der Waals surface area contributed by atoms with Crippen LogP contribution in [0.15, 0.2) is 12.1 Å². The maximum absolute atomic E-state index is 10.5. The minimum absolute atomic E-state index is 0.0734. The van der Waals surface area contributed by atoms with Gasteiger partial charge in [0.25, 0.3) is 0 Å². The maximum Gasteiger partial charge on any atom is 0.231 e. The Morgan fingerprint density at radius 2 is 2.12 bits per heavy atom. The number of ether oxygens (including phenoxy) is 2. The highest BCUT2D eigenvalue weighted by atomic mass is 32.2. The van der Waals surface area contributed by atoms with Crippen molar-refractivity contribution in [2.45, 2.75) is 25.5 Å². The number of carbonyl (C=O) groups is 1. The second-order valence-electron chi connectivity index (χ2n) is 4.09. The van der Waals surface area contributed by atoms with Crippen LogP contribution in [0.4, 0.5) is 0 Å². The number of fused-ring (bicyclic) bond motifs is 1. The lowest BCUT2D eigenvalue weighted by Crippen LogP contribution is -2.00. The molecule has 0 saturated heterocycles. The number of benzene rings is 1. The Morgan fingerprint density at radius 1 is 1.41 bits per heavy atom. The molecule has 0 spiro atoms. The average molecular weight is 252 g/mol. The lowest BCUT2D eigenvalue weighted by molar-refractivity contribution is -0.107. The lowest BCUT2D eigenvalue weighted by Gasteiger charge is -2.08. The topological polar surface area (TPSA) is 35.5 Å². The Hall–Kier alpha value is -1.16. The summed E-state index contributed by atoms with van der Waals surface area (Å²) in [5.74, 6) is 2.61. The highest BCUT2D eigenvalue weighted by Crippen LogP contribution is 2.34. The summed E-state index contributed by atoms with van der Waals surface area (Å²) in [6.45, 7) is 4.31. The van der Waals surface area contributed by atoms with Crippen molar-refractivity contribution in [3.8, 4) is 11.5 Å². The number of thioether (sulfide) groups is 1. The fourth-order valence-corrected chi connectivity index (χ4v) is 2.54. The molecule has 0 aliphatic carbocycles. The monoisotopic (exact) mass is 252 g/mol. The number of hydrogen-bond acceptors (Lipinski definition) is 4. The molecule has 0 N–H and O–H groups in total. The van der Waals surface area contributed by atoms with Gasteiger partial charge in [0.2, 0.25) is 6.79 Å². The molecule has 92 valence electrons. The van der Waals surface area contributed by atoms with E-state index in [2.05, 4.69) is 6.92 Å². The van der Waals surface area contributed by atoms with E-state index in [0.717, 1.165) is 30.0 Å². The molecule has 0 unspecified atom stereocenters. The molecule has 0 fully saturated rings. The third-order valence-electron chi connectivity index (χ3n) is 2.77. The van der Waals surface area contributed by atoms with Crippen molar-refractivity contribution >= 4 is 18.0 Å². The predicted octanol–water partition coefficient (Wildman–Crippen LogP) is 2.59. The number of aryl methyl sites for hydroxylation is 2. The Labute approximate surface area is 105 Å². The normalized spacial score (nSPS) is 14.7. The first-order chi connectivity index (χ1) is 8.20. The van der Waals surface area contributed by atoms with Crippen LogP contribution < -0.4 is 9.47 Å². The van der Waals surface area contributed by atoms with Gasteiger partial charge in [-0.3, -0.25) is 0 Å². The molecule has 0 saturated carbocycles. The van der Waals surface area contributed by atoms with Gasteiger partial charge in [-0.1, -0.05) is 0 Å². The smallest absolute Gasteiger partial charge is 0.231 e. The first-order valence-electron chi connectivity index (χ1n) is 5.66. The third-order valence-corrected chi connectivity index (χ3v) is 3.85. The molecule has 0 radical (unpaired) electrons. The Kier molecular flexibility index (Phi) is 3.94. The number of rotatable bonds is 5.